The Morgan fingerprint density at radius 2 is 2.32 bits per heavy atom. The minimum atomic E-state index is -1.26. The molecule has 7 heteroatoms. The van der Waals surface area contributed by atoms with Gasteiger partial charge >= 0.3 is 0 Å². The number of pyridine rings is 1. The first-order valence-electron chi connectivity index (χ1n) is 6.49. The molecule has 1 aliphatic heterocycles. The zero-order valence-electron chi connectivity index (χ0n) is 11.7. The van der Waals surface area contributed by atoms with Crippen LogP contribution in [0.2, 0.25) is 0 Å². The number of hydrogen-bond donors (Lipinski definition) is 2. The zero-order chi connectivity index (χ0) is 15.9. The maximum absolute atomic E-state index is 14.1. The second-order valence-electron chi connectivity index (χ2n) is 5.13. The smallest absolute Gasteiger partial charge is 0.249 e. The number of anilines is 1. The summed E-state index contributed by atoms with van der Waals surface area (Å²) in [4.78, 5) is 15.5. The fourth-order valence-electron chi connectivity index (χ4n) is 2.40. The number of rotatable bonds is 2. The maximum atomic E-state index is 14.1. The van der Waals surface area contributed by atoms with E-state index in [-0.39, 0.29) is 11.1 Å². The van der Waals surface area contributed by atoms with Gasteiger partial charge in [-0.1, -0.05) is 6.07 Å². The van der Waals surface area contributed by atoms with Gasteiger partial charge in [0.15, 0.2) is 11.4 Å². The van der Waals surface area contributed by atoms with Gasteiger partial charge in [-0.15, -0.1) is 0 Å². The summed E-state index contributed by atoms with van der Waals surface area (Å²) in [5, 5.41) is 11.3. The van der Waals surface area contributed by atoms with Crippen molar-refractivity contribution in [2.75, 3.05) is 5.01 Å². The first-order chi connectivity index (χ1) is 10.4. The number of halogens is 1. The van der Waals surface area contributed by atoms with Crippen molar-refractivity contribution in [1.29, 1.82) is 5.26 Å². The minimum absolute atomic E-state index is 0.113. The molecule has 1 unspecified atom stereocenters. The quantitative estimate of drug-likeness (QED) is 0.872. The van der Waals surface area contributed by atoms with Crippen molar-refractivity contribution in [2.45, 2.75) is 12.5 Å². The highest BCUT2D eigenvalue weighted by molar-refractivity contribution is 5.96. The molecule has 110 valence electrons. The molecule has 2 heterocycles. The molecular weight excluding hydrogens is 285 g/mol. The predicted octanol–water partition coefficient (Wildman–Crippen LogP) is 1.35. The number of amides is 1. The molecule has 22 heavy (non-hydrogen) atoms. The molecule has 3 N–H and O–H groups in total. The Bertz CT molecular complexity index is 857. The maximum Gasteiger partial charge on any atom is 0.249 e. The van der Waals surface area contributed by atoms with Crippen LogP contribution in [-0.2, 0) is 4.79 Å². The SMILES string of the molecule is CC1(C#N)NN(c2cc(F)c3ncccc3c2)C=C1C(N)=O. The van der Waals surface area contributed by atoms with Gasteiger partial charge in [0.1, 0.15) is 5.52 Å². The molecule has 0 fully saturated rings. The third kappa shape index (κ3) is 2.06. The Labute approximate surface area is 125 Å². The van der Waals surface area contributed by atoms with Crippen LogP contribution >= 0.6 is 0 Å². The van der Waals surface area contributed by atoms with E-state index in [0.717, 1.165) is 0 Å². The highest BCUT2D eigenvalue weighted by Gasteiger charge is 2.40. The molecule has 0 bridgehead atoms. The number of nitriles is 1. The Kier molecular flexibility index (Phi) is 3.04. The van der Waals surface area contributed by atoms with E-state index >= 15 is 0 Å². The van der Waals surface area contributed by atoms with Crippen LogP contribution in [0.5, 0.6) is 0 Å². The van der Waals surface area contributed by atoms with Crippen molar-refractivity contribution in [1.82, 2.24) is 10.4 Å². The summed E-state index contributed by atoms with van der Waals surface area (Å²) >= 11 is 0. The van der Waals surface area contributed by atoms with E-state index in [4.69, 9.17) is 5.73 Å². The number of carbonyl (C=O) groups is 1. The third-order valence-electron chi connectivity index (χ3n) is 3.55. The van der Waals surface area contributed by atoms with Crippen molar-refractivity contribution in [2.24, 2.45) is 5.73 Å². The molecular formula is C15H12FN5O. The van der Waals surface area contributed by atoms with E-state index in [9.17, 15) is 14.4 Å². The lowest BCUT2D eigenvalue weighted by Crippen LogP contribution is -2.47. The number of primary amides is 1. The van der Waals surface area contributed by atoms with Crippen LogP contribution in [0, 0.1) is 17.1 Å². The van der Waals surface area contributed by atoms with Crippen molar-refractivity contribution in [3.8, 4) is 6.07 Å². The van der Waals surface area contributed by atoms with Crippen LogP contribution < -0.4 is 16.2 Å². The fourth-order valence-corrected chi connectivity index (χ4v) is 2.40. The van der Waals surface area contributed by atoms with Crippen molar-refractivity contribution in [3.05, 3.63) is 48.1 Å². The van der Waals surface area contributed by atoms with Crippen LogP contribution in [-0.4, -0.2) is 16.4 Å². The van der Waals surface area contributed by atoms with E-state index in [1.54, 1.807) is 18.2 Å². The van der Waals surface area contributed by atoms with Gasteiger partial charge in [0.2, 0.25) is 5.91 Å². The van der Waals surface area contributed by atoms with Gasteiger partial charge in [0, 0.05) is 23.8 Å². The molecule has 1 aromatic carbocycles. The van der Waals surface area contributed by atoms with E-state index in [2.05, 4.69) is 10.4 Å². The molecule has 1 aliphatic rings. The van der Waals surface area contributed by atoms with E-state index < -0.39 is 17.3 Å². The van der Waals surface area contributed by atoms with Gasteiger partial charge in [-0.3, -0.25) is 14.8 Å². The molecule has 0 saturated heterocycles. The highest BCUT2D eigenvalue weighted by Crippen LogP contribution is 2.30. The molecule has 0 saturated carbocycles. The number of benzene rings is 1. The number of aromatic nitrogens is 1. The van der Waals surface area contributed by atoms with Crippen LogP contribution in [0.25, 0.3) is 10.9 Å². The number of hydrazine groups is 1. The summed E-state index contributed by atoms with van der Waals surface area (Å²) in [5.74, 6) is -1.20. The van der Waals surface area contributed by atoms with Gasteiger partial charge < -0.3 is 5.73 Å². The van der Waals surface area contributed by atoms with E-state index in [0.29, 0.717) is 11.1 Å². The van der Waals surface area contributed by atoms with Crippen LogP contribution in [0.15, 0.2) is 42.2 Å². The standard InChI is InChI=1S/C15H12FN5O/c1-15(8-17)11(14(18)22)7-21(20-15)10-5-9-3-2-4-19-13(9)12(16)6-10/h2-7,20H,1H3,(H2,18,22). The Hall–Kier alpha value is -2.98. The number of nitrogens with zero attached hydrogens (tertiary/aromatic N) is 3. The van der Waals surface area contributed by atoms with Gasteiger partial charge in [-0.25, -0.2) is 9.82 Å². The van der Waals surface area contributed by atoms with Crippen molar-refractivity contribution in [3.63, 3.8) is 0 Å². The zero-order valence-corrected chi connectivity index (χ0v) is 11.7. The molecule has 1 atom stereocenters. The Morgan fingerprint density at radius 3 is 2.95 bits per heavy atom. The lowest BCUT2D eigenvalue weighted by molar-refractivity contribution is -0.114. The van der Waals surface area contributed by atoms with Crippen LogP contribution in [0.1, 0.15) is 6.92 Å². The molecule has 0 aliphatic carbocycles. The van der Waals surface area contributed by atoms with E-state index in [1.807, 2.05) is 6.07 Å². The highest BCUT2D eigenvalue weighted by atomic mass is 19.1. The second-order valence-corrected chi connectivity index (χ2v) is 5.13. The summed E-state index contributed by atoms with van der Waals surface area (Å²) in [7, 11) is 0. The number of nitrogens with two attached hydrogens (primary N) is 1. The second kappa shape index (κ2) is 4.79. The first-order valence-corrected chi connectivity index (χ1v) is 6.49. The Morgan fingerprint density at radius 1 is 1.55 bits per heavy atom. The fraction of sp³-hybridized carbons (Fsp3) is 0.133. The number of hydrogen-bond acceptors (Lipinski definition) is 5. The average molecular weight is 297 g/mol. The van der Waals surface area contributed by atoms with Gasteiger partial charge in [0.05, 0.1) is 17.3 Å². The summed E-state index contributed by atoms with van der Waals surface area (Å²) in [6.07, 6.45) is 2.92. The largest absolute Gasteiger partial charge is 0.366 e. The van der Waals surface area contributed by atoms with Gasteiger partial charge in [-0.05, 0) is 19.1 Å². The number of carbonyl (C=O) groups excluding carboxylic acids is 1. The third-order valence-corrected chi connectivity index (χ3v) is 3.55. The normalized spacial score (nSPS) is 20.8. The molecule has 6 nitrogen and oxygen atoms in total. The summed E-state index contributed by atoms with van der Waals surface area (Å²) < 4.78 is 14.1. The molecule has 0 radical (unpaired) electrons. The first kappa shape index (κ1) is 14.0. The lowest BCUT2D eigenvalue weighted by atomic mass is 9.96. The molecule has 1 amide bonds. The number of nitrogens with one attached hydrogen (secondary N) is 1. The summed E-state index contributed by atoms with van der Waals surface area (Å²) in [6, 6.07) is 8.41. The molecule has 3 rings (SSSR count). The molecule has 1 aromatic heterocycles. The average Bonchev–Trinajstić information content (AvgIpc) is 2.86. The molecule has 2 aromatic rings. The topological polar surface area (TPSA) is 95.0 Å². The lowest BCUT2D eigenvalue weighted by Gasteiger charge is -2.23. The van der Waals surface area contributed by atoms with Gasteiger partial charge in [0.25, 0.3) is 0 Å². The van der Waals surface area contributed by atoms with Gasteiger partial charge in [-0.2, -0.15) is 5.26 Å². The predicted molar refractivity (Wildman–Crippen MR) is 78.6 cm³/mol. The summed E-state index contributed by atoms with van der Waals surface area (Å²) in [6.45, 7) is 1.53. The number of fused-ring (bicyclic) bond motifs is 1. The Balaban J connectivity index is 2.10. The van der Waals surface area contributed by atoms with Crippen LogP contribution in [0.3, 0.4) is 0 Å². The monoisotopic (exact) mass is 297 g/mol. The molecule has 0 spiro atoms. The minimum Gasteiger partial charge on any atom is -0.366 e. The van der Waals surface area contributed by atoms with Crippen LogP contribution in [0.4, 0.5) is 10.1 Å². The van der Waals surface area contributed by atoms with Crippen molar-refractivity contribution < 1.29 is 9.18 Å². The van der Waals surface area contributed by atoms with Crippen molar-refractivity contribution >= 4 is 22.5 Å². The van der Waals surface area contributed by atoms with E-state index in [1.165, 1.54) is 30.4 Å². The summed E-state index contributed by atoms with van der Waals surface area (Å²) in [5.41, 5.74) is 7.70.